The lowest BCUT2D eigenvalue weighted by atomic mass is 10.3. The van der Waals surface area contributed by atoms with E-state index < -0.39 is 0 Å². The van der Waals surface area contributed by atoms with Crippen LogP contribution in [0.2, 0.25) is 0 Å². The van der Waals surface area contributed by atoms with Crippen LogP contribution in [0.3, 0.4) is 0 Å². The quantitative estimate of drug-likeness (QED) is 0.355. The fraction of sp³-hybridized carbons (Fsp3) is 0.667. The molecule has 1 aromatic rings. The highest BCUT2D eigenvalue weighted by Crippen LogP contribution is 2.20. The number of aromatic nitrogens is 1. The third-order valence-electron chi connectivity index (χ3n) is 4.70. The van der Waals surface area contributed by atoms with E-state index in [-0.39, 0.29) is 35.8 Å². The van der Waals surface area contributed by atoms with Gasteiger partial charge in [-0.1, -0.05) is 0 Å². The third kappa shape index (κ3) is 6.72. The van der Waals surface area contributed by atoms with Crippen molar-refractivity contribution < 1.29 is 9.13 Å². The van der Waals surface area contributed by atoms with Crippen LogP contribution >= 0.6 is 24.0 Å². The third-order valence-corrected chi connectivity index (χ3v) is 4.70. The number of anilines is 1. The first kappa shape index (κ1) is 22.1. The van der Waals surface area contributed by atoms with Gasteiger partial charge < -0.3 is 20.3 Å². The molecule has 0 aliphatic carbocycles. The molecule has 1 aromatic heterocycles. The molecule has 0 bridgehead atoms. The van der Waals surface area contributed by atoms with E-state index >= 15 is 0 Å². The van der Waals surface area contributed by atoms with Gasteiger partial charge in [-0.05, 0) is 25.5 Å². The Balaban J connectivity index is 0.00000261. The van der Waals surface area contributed by atoms with Crippen molar-refractivity contribution in [1.82, 2.24) is 20.5 Å². The van der Waals surface area contributed by atoms with Crippen LogP contribution < -0.4 is 15.5 Å². The van der Waals surface area contributed by atoms with E-state index in [1.54, 1.807) is 12.3 Å². The molecule has 2 fully saturated rings. The number of rotatable bonds is 6. The number of halogens is 2. The lowest BCUT2D eigenvalue weighted by molar-refractivity contribution is 0.0394. The number of aliphatic imine (C=N–C) groups is 1. The first-order valence-electron chi connectivity index (χ1n) is 9.46. The molecule has 9 heteroatoms. The minimum atomic E-state index is -0.265. The van der Waals surface area contributed by atoms with Gasteiger partial charge in [0, 0.05) is 51.5 Å². The summed E-state index contributed by atoms with van der Waals surface area (Å²) in [5.74, 6) is 0.999. The largest absolute Gasteiger partial charge is 0.379 e. The van der Waals surface area contributed by atoms with Crippen LogP contribution in [0.1, 0.15) is 13.3 Å². The summed E-state index contributed by atoms with van der Waals surface area (Å²) in [4.78, 5) is 13.2. The summed E-state index contributed by atoms with van der Waals surface area (Å²) in [6.45, 7) is 9.66. The number of hydrogen-bond acceptors (Lipinski definition) is 5. The molecule has 0 radical (unpaired) electrons. The molecule has 27 heavy (non-hydrogen) atoms. The van der Waals surface area contributed by atoms with Crippen molar-refractivity contribution in [3.63, 3.8) is 0 Å². The van der Waals surface area contributed by atoms with Crippen LogP contribution in [0.5, 0.6) is 0 Å². The van der Waals surface area contributed by atoms with Crippen LogP contribution in [-0.4, -0.2) is 80.9 Å². The average molecular weight is 492 g/mol. The maximum absolute atomic E-state index is 13.9. The first-order valence-corrected chi connectivity index (χ1v) is 9.46. The summed E-state index contributed by atoms with van der Waals surface area (Å²) in [6.07, 6.45) is 2.57. The maximum Gasteiger partial charge on any atom is 0.191 e. The van der Waals surface area contributed by atoms with Gasteiger partial charge in [-0.15, -0.1) is 24.0 Å². The van der Waals surface area contributed by atoms with Gasteiger partial charge >= 0.3 is 0 Å². The molecular weight excluding hydrogens is 462 g/mol. The van der Waals surface area contributed by atoms with Crippen molar-refractivity contribution in [3.8, 4) is 0 Å². The zero-order chi connectivity index (χ0) is 18.2. The Bertz CT molecular complexity index is 599. The average Bonchev–Trinajstić information content (AvgIpc) is 3.11. The second kappa shape index (κ2) is 11.6. The second-order valence-electron chi connectivity index (χ2n) is 6.60. The summed E-state index contributed by atoms with van der Waals surface area (Å²) < 4.78 is 19.3. The summed E-state index contributed by atoms with van der Waals surface area (Å²) in [5.41, 5.74) is 0. The van der Waals surface area contributed by atoms with E-state index in [0.717, 1.165) is 71.4 Å². The smallest absolute Gasteiger partial charge is 0.191 e. The Morgan fingerprint density at radius 2 is 2.19 bits per heavy atom. The minimum Gasteiger partial charge on any atom is -0.379 e. The summed E-state index contributed by atoms with van der Waals surface area (Å²) in [5, 5.41) is 6.78. The van der Waals surface area contributed by atoms with Crippen LogP contribution in [0.25, 0.3) is 0 Å². The molecule has 3 rings (SSSR count). The van der Waals surface area contributed by atoms with Crippen molar-refractivity contribution >= 4 is 35.8 Å². The first-order chi connectivity index (χ1) is 12.8. The van der Waals surface area contributed by atoms with Gasteiger partial charge in [-0.3, -0.25) is 9.89 Å². The predicted molar refractivity (Wildman–Crippen MR) is 117 cm³/mol. The minimum absolute atomic E-state index is 0. The van der Waals surface area contributed by atoms with Crippen LogP contribution in [0.15, 0.2) is 23.3 Å². The van der Waals surface area contributed by atoms with E-state index in [4.69, 9.17) is 9.73 Å². The fourth-order valence-corrected chi connectivity index (χ4v) is 3.32. The van der Waals surface area contributed by atoms with Gasteiger partial charge in [-0.25, -0.2) is 9.37 Å². The van der Waals surface area contributed by atoms with Crippen LogP contribution in [0, 0.1) is 5.82 Å². The second-order valence-corrected chi connectivity index (χ2v) is 6.60. The highest BCUT2D eigenvalue weighted by molar-refractivity contribution is 14.0. The van der Waals surface area contributed by atoms with Crippen LogP contribution in [0.4, 0.5) is 10.2 Å². The van der Waals surface area contributed by atoms with Crippen molar-refractivity contribution in [2.45, 2.75) is 19.4 Å². The van der Waals surface area contributed by atoms with Gasteiger partial charge in [0.2, 0.25) is 0 Å². The lowest BCUT2D eigenvalue weighted by Crippen LogP contribution is -2.45. The van der Waals surface area contributed by atoms with E-state index in [1.165, 1.54) is 6.07 Å². The summed E-state index contributed by atoms with van der Waals surface area (Å²) in [7, 11) is 0. The highest BCUT2D eigenvalue weighted by Gasteiger charge is 2.25. The zero-order valence-corrected chi connectivity index (χ0v) is 18.2. The molecule has 0 saturated carbocycles. The summed E-state index contributed by atoms with van der Waals surface area (Å²) >= 11 is 0. The lowest BCUT2D eigenvalue weighted by Gasteiger charge is -2.26. The molecule has 2 aliphatic heterocycles. The highest BCUT2D eigenvalue weighted by atomic mass is 127. The van der Waals surface area contributed by atoms with Crippen molar-refractivity contribution in [3.05, 3.63) is 24.1 Å². The number of nitrogens with zero attached hydrogens (tertiary/aromatic N) is 4. The Hall–Kier alpha value is -1.20. The number of ether oxygens (including phenoxy) is 1. The van der Waals surface area contributed by atoms with Gasteiger partial charge in [0.1, 0.15) is 0 Å². The van der Waals surface area contributed by atoms with Crippen molar-refractivity contribution in [2.24, 2.45) is 4.99 Å². The zero-order valence-electron chi connectivity index (χ0n) is 15.9. The maximum atomic E-state index is 13.9. The van der Waals surface area contributed by atoms with E-state index in [1.807, 2.05) is 4.90 Å². The number of morpholine rings is 1. The Kier molecular flexibility index (Phi) is 9.49. The molecule has 1 unspecified atom stereocenters. The topological polar surface area (TPSA) is 65.0 Å². The molecule has 2 saturated heterocycles. The molecule has 0 amide bonds. The molecule has 7 nitrogen and oxygen atoms in total. The molecule has 0 aromatic carbocycles. The van der Waals surface area contributed by atoms with Crippen molar-refractivity contribution in [1.29, 1.82) is 0 Å². The number of hydrogen-bond donors (Lipinski definition) is 2. The molecule has 2 N–H and O–H groups in total. The fourth-order valence-electron chi connectivity index (χ4n) is 3.32. The number of nitrogens with one attached hydrogen (secondary N) is 2. The standard InChI is InChI=1S/C18H29FN6O.HI/c1-2-20-18(22-7-9-24-10-12-26-13-11-24)23-15-5-8-25(14-15)17-16(19)4-3-6-21-17;/h3-4,6,15H,2,5,7-14H2,1H3,(H2,20,22,23);1H. The molecule has 0 spiro atoms. The van der Waals surface area contributed by atoms with Gasteiger partial charge in [0.25, 0.3) is 0 Å². The SMILES string of the molecule is CCNC(=NCCN1CCOCC1)NC1CCN(c2ncccc2F)C1.I. The van der Waals surface area contributed by atoms with E-state index in [9.17, 15) is 4.39 Å². The normalized spacial score (nSPS) is 21.0. The van der Waals surface area contributed by atoms with E-state index in [2.05, 4.69) is 27.4 Å². The molecule has 152 valence electrons. The predicted octanol–water partition coefficient (Wildman–Crippen LogP) is 1.30. The van der Waals surface area contributed by atoms with Gasteiger partial charge in [0.05, 0.1) is 19.8 Å². The molecule has 3 heterocycles. The molecular formula is C18H30FIN6O. The Morgan fingerprint density at radius 3 is 2.93 bits per heavy atom. The van der Waals surface area contributed by atoms with E-state index in [0.29, 0.717) is 5.82 Å². The number of pyridine rings is 1. The molecule has 1 atom stereocenters. The van der Waals surface area contributed by atoms with Crippen molar-refractivity contribution in [2.75, 3.05) is 63.9 Å². The Morgan fingerprint density at radius 1 is 1.37 bits per heavy atom. The van der Waals surface area contributed by atoms with Gasteiger partial charge in [-0.2, -0.15) is 0 Å². The number of guanidine groups is 1. The summed E-state index contributed by atoms with van der Waals surface area (Å²) in [6, 6.07) is 3.31. The Labute approximate surface area is 177 Å². The monoisotopic (exact) mass is 492 g/mol. The van der Waals surface area contributed by atoms with Gasteiger partial charge in [0.15, 0.2) is 17.6 Å². The molecule has 2 aliphatic rings. The van der Waals surface area contributed by atoms with Crippen LogP contribution in [-0.2, 0) is 4.74 Å².